The molecule has 0 aliphatic carbocycles. The summed E-state index contributed by atoms with van der Waals surface area (Å²) < 4.78 is 0. The standard InChI is InChI=1S/C14H6Cl4N4S2/c15-5-1-9-10(2-6(5)16)20-13(19-9)23-24-14-21-11-3-7(17)8(18)4-12(11)22-14/h1-4H,(H,19,20)(H,21,22). The lowest BCUT2D eigenvalue weighted by Crippen LogP contribution is -1.72. The number of hydrogen-bond donors (Lipinski definition) is 2. The number of nitrogens with zero attached hydrogens (tertiary/aromatic N) is 2. The first-order chi connectivity index (χ1) is 11.5. The van der Waals surface area contributed by atoms with Crippen LogP contribution in [-0.4, -0.2) is 19.9 Å². The van der Waals surface area contributed by atoms with E-state index in [2.05, 4.69) is 19.9 Å². The lowest BCUT2D eigenvalue weighted by Gasteiger charge is -1.93. The molecule has 0 spiro atoms. The highest BCUT2D eigenvalue weighted by Crippen LogP contribution is 2.37. The van der Waals surface area contributed by atoms with E-state index < -0.39 is 0 Å². The summed E-state index contributed by atoms with van der Waals surface area (Å²) in [5.41, 5.74) is 3.18. The van der Waals surface area contributed by atoms with Crippen LogP contribution in [-0.2, 0) is 0 Å². The molecule has 4 aromatic rings. The number of aromatic nitrogens is 4. The van der Waals surface area contributed by atoms with Gasteiger partial charge < -0.3 is 9.97 Å². The van der Waals surface area contributed by atoms with Gasteiger partial charge in [-0.15, -0.1) is 0 Å². The van der Waals surface area contributed by atoms with Crippen LogP contribution < -0.4 is 0 Å². The fraction of sp³-hybridized carbons (Fsp3) is 0. The molecular weight excluding hydrogens is 430 g/mol. The second-order valence-corrected chi connectivity index (χ2v) is 8.55. The molecule has 0 atom stereocenters. The maximum atomic E-state index is 6.01. The van der Waals surface area contributed by atoms with Crippen molar-refractivity contribution in [2.75, 3.05) is 0 Å². The molecule has 0 saturated carbocycles. The highest BCUT2D eigenvalue weighted by Gasteiger charge is 2.11. The maximum Gasteiger partial charge on any atom is 0.177 e. The van der Waals surface area contributed by atoms with Crippen molar-refractivity contribution in [2.24, 2.45) is 0 Å². The number of rotatable bonds is 3. The largest absolute Gasteiger partial charge is 0.332 e. The normalized spacial score (nSPS) is 11.7. The van der Waals surface area contributed by atoms with Gasteiger partial charge in [-0.3, -0.25) is 0 Å². The number of nitrogens with one attached hydrogen (secondary N) is 2. The van der Waals surface area contributed by atoms with E-state index in [-0.39, 0.29) is 0 Å². The molecule has 4 rings (SSSR count). The Morgan fingerprint density at radius 2 is 1.00 bits per heavy atom. The SMILES string of the molecule is Clc1cc2nc(SSc3nc4cc(Cl)c(Cl)cc4[nH]3)[nH]c2cc1Cl. The molecule has 2 aromatic heterocycles. The average Bonchev–Trinajstić information content (AvgIpc) is 3.09. The first kappa shape index (κ1) is 16.7. The Balaban J connectivity index is 1.58. The van der Waals surface area contributed by atoms with Crippen LogP contribution in [0.15, 0.2) is 34.6 Å². The van der Waals surface area contributed by atoms with Gasteiger partial charge in [0.1, 0.15) is 0 Å². The van der Waals surface area contributed by atoms with Crippen LogP contribution >= 0.6 is 68.0 Å². The first-order valence-electron chi connectivity index (χ1n) is 6.53. The van der Waals surface area contributed by atoms with Crippen LogP contribution in [0.2, 0.25) is 20.1 Å². The van der Waals surface area contributed by atoms with E-state index >= 15 is 0 Å². The minimum absolute atomic E-state index is 0.478. The molecule has 4 nitrogen and oxygen atoms in total. The monoisotopic (exact) mass is 434 g/mol. The number of halogens is 4. The van der Waals surface area contributed by atoms with E-state index in [0.717, 1.165) is 32.4 Å². The van der Waals surface area contributed by atoms with Gasteiger partial charge in [0.05, 0.1) is 42.2 Å². The molecule has 0 aliphatic rings. The zero-order valence-corrected chi connectivity index (χ0v) is 16.2. The van der Waals surface area contributed by atoms with Crippen molar-refractivity contribution in [3.63, 3.8) is 0 Å². The van der Waals surface area contributed by atoms with E-state index in [4.69, 9.17) is 46.4 Å². The second-order valence-electron chi connectivity index (χ2n) is 4.82. The Kier molecular flexibility index (Phi) is 4.53. The Bertz CT molecular complexity index is 912. The summed E-state index contributed by atoms with van der Waals surface area (Å²) in [5.74, 6) is 0. The Morgan fingerprint density at radius 1 is 0.625 bits per heavy atom. The molecule has 2 heterocycles. The average molecular weight is 436 g/mol. The number of imidazole rings is 2. The van der Waals surface area contributed by atoms with Crippen LogP contribution in [0.3, 0.4) is 0 Å². The van der Waals surface area contributed by atoms with E-state index in [1.54, 1.807) is 24.3 Å². The Morgan fingerprint density at radius 3 is 1.42 bits per heavy atom. The number of aromatic amines is 2. The predicted octanol–water partition coefficient (Wildman–Crippen LogP) is 6.85. The smallest absolute Gasteiger partial charge is 0.177 e. The number of hydrogen-bond acceptors (Lipinski definition) is 4. The summed E-state index contributed by atoms with van der Waals surface area (Å²) in [6.07, 6.45) is 0. The van der Waals surface area contributed by atoms with Gasteiger partial charge in [0, 0.05) is 0 Å². The second kappa shape index (κ2) is 6.52. The number of H-pyrrole nitrogens is 2. The van der Waals surface area contributed by atoms with Crippen molar-refractivity contribution in [3.8, 4) is 0 Å². The highest BCUT2D eigenvalue weighted by molar-refractivity contribution is 8.76. The van der Waals surface area contributed by atoms with Gasteiger partial charge in [-0.1, -0.05) is 46.4 Å². The Hall–Kier alpha value is -0.760. The fourth-order valence-electron chi connectivity index (χ4n) is 2.12. The summed E-state index contributed by atoms with van der Waals surface area (Å²) >= 11 is 24.0. The third-order valence-corrected chi connectivity index (χ3v) is 6.63. The van der Waals surface area contributed by atoms with Gasteiger partial charge in [-0.05, 0) is 45.9 Å². The summed E-state index contributed by atoms with van der Waals surface area (Å²) in [6.45, 7) is 0. The van der Waals surface area contributed by atoms with Crippen molar-refractivity contribution in [1.82, 2.24) is 19.9 Å². The van der Waals surface area contributed by atoms with Crippen molar-refractivity contribution < 1.29 is 0 Å². The van der Waals surface area contributed by atoms with Gasteiger partial charge in [-0.25, -0.2) is 9.97 Å². The van der Waals surface area contributed by atoms with Gasteiger partial charge in [0.2, 0.25) is 0 Å². The van der Waals surface area contributed by atoms with Gasteiger partial charge in [0.25, 0.3) is 0 Å². The highest BCUT2D eigenvalue weighted by atomic mass is 35.5. The molecule has 0 fully saturated rings. The van der Waals surface area contributed by atoms with E-state index in [0.29, 0.717) is 20.1 Å². The minimum Gasteiger partial charge on any atom is -0.332 e. The van der Waals surface area contributed by atoms with Crippen molar-refractivity contribution in [1.29, 1.82) is 0 Å². The van der Waals surface area contributed by atoms with Crippen molar-refractivity contribution in [3.05, 3.63) is 44.4 Å². The molecule has 0 bridgehead atoms. The zero-order chi connectivity index (χ0) is 16.8. The van der Waals surface area contributed by atoms with Gasteiger partial charge in [-0.2, -0.15) is 0 Å². The summed E-state index contributed by atoms with van der Waals surface area (Å²) in [4.78, 5) is 15.3. The fourth-order valence-corrected chi connectivity index (χ4v) is 4.44. The molecule has 10 heteroatoms. The van der Waals surface area contributed by atoms with Crippen molar-refractivity contribution >= 4 is 90.1 Å². The minimum atomic E-state index is 0.478. The zero-order valence-electron chi connectivity index (χ0n) is 11.5. The van der Waals surface area contributed by atoms with Crippen LogP contribution in [0.5, 0.6) is 0 Å². The predicted molar refractivity (Wildman–Crippen MR) is 104 cm³/mol. The number of fused-ring (bicyclic) bond motifs is 2. The molecule has 0 aliphatic heterocycles. The molecule has 2 aromatic carbocycles. The van der Waals surface area contributed by atoms with E-state index in [1.807, 2.05) is 0 Å². The first-order valence-corrected chi connectivity index (χ1v) is 10.2. The van der Waals surface area contributed by atoms with Crippen LogP contribution in [0, 0.1) is 0 Å². The molecule has 0 radical (unpaired) electrons. The van der Waals surface area contributed by atoms with E-state index in [9.17, 15) is 0 Å². The quantitative estimate of drug-likeness (QED) is 0.345. The lowest BCUT2D eigenvalue weighted by atomic mass is 10.3. The van der Waals surface area contributed by atoms with Crippen LogP contribution in [0.25, 0.3) is 22.1 Å². The van der Waals surface area contributed by atoms with Crippen LogP contribution in [0.1, 0.15) is 0 Å². The summed E-state index contributed by atoms with van der Waals surface area (Å²) in [7, 11) is 2.88. The van der Waals surface area contributed by atoms with Gasteiger partial charge in [0.15, 0.2) is 10.3 Å². The topological polar surface area (TPSA) is 57.4 Å². The maximum absolute atomic E-state index is 6.01. The Labute approximate surface area is 164 Å². The van der Waals surface area contributed by atoms with Gasteiger partial charge >= 0.3 is 0 Å². The summed E-state index contributed by atoms with van der Waals surface area (Å²) in [5, 5.41) is 3.39. The molecule has 24 heavy (non-hydrogen) atoms. The molecule has 122 valence electrons. The third kappa shape index (κ3) is 3.19. The molecule has 0 saturated heterocycles. The summed E-state index contributed by atoms with van der Waals surface area (Å²) in [6, 6.07) is 6.98. The van der Waals surface area contributed by atoms with Crippen LogP contribution in [0.4, 0.5) is 0 Å². The van der Waals surface area contributed by atoms with E-state index in [1.165, 1.54) is 21.6 Å². The molecule has 2 N–H and O–H groups in total. The molecule has 0 unspecified atom stereocenters. The lowest BCUT2D eigenvalue weighted by molar-refractivity contribution is 1.08. The molecule has 0 amide bonds. The third-order valence-electron chi connectivity index (χ3n) is 3.20. The van der Waals surface area contributed by atoms with Crippen molar-refractivity contribution in [2.45, 2.75) is 10.3 Å². The molecular formula is C14H6Cl4N4S2. The number of benzene rings is 2.